The van der Waals surface area contributed by atoms with Gasteiger partial charge in [-0.25, -0.2) is 0 Å². The Morgan fingerprint density at radius 1 is 1.18 bits per heavy atom. The molecule has 0 saturated heterocycles. The van der Waals surface area contributed by atoms with Crippen LogP contribution in [0.5, 0.6) is 11.5 Å². The fourth-order valence-corrected chi connectivity index (χ4v) is 6.36. The van der Waals surface area contributed by atoms with Crippen LogP contribution < -0.4 is 4.74 Å². The van der Waals surface area contributed by atoms with Crippen molar-refractivity contribution in [1.82, 2.24) is 0 Å². The highest BCUT2D eigenvalue weighted by molar-refractivity contribution is 5.54. The zero-order valence-electron chi connectivity index (χ0n) is 18.5. The van der Waals surface area contributed by atoms with Crippen LogP contribution in [0.3, 0.4) is 0 Å². The quantitative estimate of drug-likeness (QED) is 0.558. The molecule has 1 heterocycles. The summed E-state index contributed by atoms with van der Waals surface area (Å²) in [5.74, 6) is 2.89. The lowest BCUT2D eigenvalue weighted by Gasteiger charge is -2.48. The molecule has 3 aliphatic rings. The topological polar surface area (TPSA) is 29.5 Å². The van der Waals surface area contributed by atoms with Crippen molar-refractivity contribution in [2.45, 2.75) is 103 Å². The minimum absolute atomic E-state index is 0.111. The SMILES string of the molecule is CCC(C)(c1cc(O)c2c(c1)OC(C)(C)[C@@H]1CC=C(C)C[C@@H]21)C1CCCCC1. The summed E-state index contributed by atoms with van der Waals surface area (Å²) < 4.78 is 6.58. The van der Waals surface area contributed by atoms with E-state index in [0.29, 0.717) is 23.5 Å². The average molecular weight is 383 g/mol. The van der Waals surface area contributed by atoms with Crippen molar-refractivity contribution in [3.05, 3.63) is 34.9 Å². The Balaban J connectivity index is 1.78. The van der Waals surface area contributed by atoms with Gasteiger partial charge in [0.25, 0.3) is 0 Å². The van der Waals surface area contributed by atoms with E-state index in [1.165, 1.54) is 43.2 Å². The molecule has 154 valence electrons. The van der Waals surface area contributed by atoms with Crippen molar-refractivity contribution in [3.8, 4) is 11.5 Å². The molecule has 0 radical (unpaired) electrons. The van der Waals surface area contributed by atoms with Crippen LogP contribution in [0.2, 0.25) is 0 Å². The Bertz CT molecular complexity index is 769. The maximum atomic E-state index is 11.2. The van der Waals surface area contributed by atoms with Crippen molar-refractivity contribution in [2.75, 3.05) is 0 Å². The van der Waals surface area contributed by atoms with Gasteiger partial charge in [0.15, 0.2) is 0 Å². The van der Waals surface area contributed by atoms with E-state index in [-0.39, 0.29) is 11.0 Å². The Morgan fingerprint density at radius 3 is 2.57 bits per heavy atom. The first-order valence-electron chi connectivity index (χ1n) is 11.5. The van der Waals surface area contributed by atoms with Gasteiger partial charge in [0.2, 0.25) is 0 Å². The number of hydrogen-bond donors (Lipinski definition) is 1. The van der Waals surface area contributed by atoms with Crippen LogP contribution >= 0.6 is 0 Å². The highest BCUT2D eigenvalue weighted by Crippen LogP contribution is 2.55. The third-order valence-corrected chi connectivity index (χ3v) is 8.40. The lowest BCUT2D eigenvalue weighted by Crippen LogP contribution is -2.45. The summed E-state index contributed by atoms with van der Waals surface area (Å²) in [6.45, 7) is 11.4. The third kappa shape index (κ3) is 3.17. The van der Waals surface area contributed by atoms with Crippen LogP contribution in [0, 0.1) is 11.8 Å². The molecular formula is C26H38O2. The van der Waals surface area contributed by atoms with E-state index in [4.69, 9.17) is 4.74 Å². The van der Waals surface area contributed by atoms with Crippen molar-refractivity contribution in [1.29, 1.82) is 0 Å². The van der Waals surface area contributed by atoms with Gasteiger partial charge in [-0.1, -0.05) is 44.8 Å². The molecule has 0 bridgehead atoms. The second kappa shape index (κ2) is 7.11. The number of hydrogen-bond acceptors (Lipinski definition) is 2. The monoisotopic (exact) mass is 382 g/mol. The summed E-state index contributed by atoms with van der Waals surface area (Å²) in [6.07, 6.45) is 12.2. The van der Waals surface area contributed by atoms with Gasteiger partial charge < -0.3 is 9.84 Å². The van der Waals surface area contributed by atoms with Gasteiger partial charge in [-0.15, -0.1) is 0 Å². The molecule has 2 heteroatoms. The molecular weight excluding hydrogens is 344 g/mol. The number of phenols is 1. The first-order valence-corrected chi connectivity index (χ1v) is 11.5. The summed E-state index contributed by atoms with van der Waals surface area (Å²) >= 11 is 0. The molecule has 4 rings (SSSR count). The minimum Gasteiger partial charge on any atom is -0.508 e. The Labute approximate surface area is 171 Å². The fourth-order valence-electron chi connectivity index (χ4n) is 6.36. The molecule has 2 nitrogen and oxygen atoms in total. The van der Waals surface area contributed by atoms with Crippen LogP contribution in [0.4, 0.5) is 0 Å². The molecule has 0 spiro atoms. The van der Waals surface area contributed by atoms with E-state index in [1.54, 1.807) is 0 Å². The molecule has 1 aromatic rings. The molecule has 3 atom stereocenters. The molecule has 1 saturated carbocycles. The first kappa shape index (κ1) is 19.9. The van der Waals surface area contributed by atoms with Gasteiger partial charge in [0.1, 0.15) is 17.1 Å². The highest BCUT2D eigenvalue weighted by atomic mass is 16.5. The number of fused-ring (bicyclic) bond motifs is 3. The van der Waals surface area contributed by atoms with E-state index in [9.17, 15) is 5.11 Å². The van der Waals surface area contributed by atoms with Crippen molar-refractivity contribution in [3.63, 3.8) is 0 Å². The number of aromatic hydroxyl groups is 1. The molecule has 0 amide bonds. The van der Waals surface area contributed by atoms with Gasteiger partial charge in [-0.2, -0.15) is 0 Å². The summed E-state index contributed by atoms with van der Waals surface area (Å²) in [5, 5.41) is 11.2. The fraction of sp³-hybridized carbons (Fsp3) is 0.692. The van der Waals surface area contributed by atoms with E-state index in [2.05, 4.69) is 52.8 Å². The summed E-state index contributed by atoms with van der Waals surface area (Å²) in [4.78, 5) is 0. The Morgan fingerprint density at radius 2 is 1.89 bits per heavy atom. The first-order chi connectivity index (χ1) is 13.3. The zero-order valence-corrected chi connectivity index (χ0v) is 18.5. The number of phenolic OH excluding ortho intramolecular Hbond substituents is 1. The van der Waals surface area contributed by atoms with E-state index < -0.39 is 0 Å². The molecule has 0 aromatic heterocycles. The molecule has 1 unspecified atom stereocenters. The molecule has 2 aliphatic carbocycles. The number of rotatable bonds is 3. The molecule has 1 aromatic carbocycles. The maximum absolute atomic E-state index is 11.2. The van der Waals surface area contributed by atoms with Crippen LogP contribution in [0.25, 0.3) is 0 Å². The van der Waals surface area contributed by atoms with Gasteiger partial charge in [0.05, 0.1) is 0 Å². The Hall–Kier alpha value is -1.44. The van der Waals surface area contributed by atoms with Crippen LogP contribution in [-0.4, -0.2) is 10.7 Å². The van der Waals surface area contributed by atoms with Crippen molar-refractivity contribution < 1.29 is 9.84 Å². The van der Waals surface area contributed by atoms with E-state index in [0.717, 1.165) is 30.6 Å². The van der Waals surface area contributed by atoms with Crippen molar-refractivity contribution in [2.24, 2.45) is 11.8 Å². The normalized spacial score (nSPS) is 29.1. The number of benzene rings is 1. The van der Waals surface area contributed by atoms with Gasteiger partial charge in [0, 0.05) is 17.4 Å². The zero-order chi connectivity index (χ0) is 20.1. The Kier molecular flexibility index (Phi) is 5.04. The highest BCUT2D eigenvalue weighted by Gasteiger charge is 2.46. The third-order valence-electron chi connectivity index (χ3n) is 8.40. The number of ether oxygens (including phenoxy) is 1. The maximum Gasteiger partial charge on any atom is 0.127 e. The summed E-state index contributed by atoms with van der Waals surface area (Å²) in [6, 6.07) is 4.38. The van der Waals surface area contributed by atoms with Gasteiger partial charge in [-0.3, -0.25) is 0 Å². The summed E-state index contributed by atoms with van der Waals surface area (Å²) in [5.41, 5.74) is 3.68. The smallest absolute Gasteiger partial charge is 0.127 e. The largest absolute Gasteiger partial charge is 0.508 e. The van der Waals surface area contributed by atoms with E-state index in [1.807, 2.05) is 0 Å². The van der Waals surface area contributed by atoms with Crippen LogP contribution in [0.15, 0.2) is 23.8 Å². The second-order valence-corrected chi connectivity index (χ2v) is 10.4. The molecule has 1 aliphatic heterocycles. The molecule has 1 N–H and O–H groups in total. The average Bonchev–Trinajstić information content (AvgIpc) is 2.66. The standard InChI is InChI=1S/C26H38O2/c1-6-26(5,18-10-8-7-9-11-18)19-15-22(27)24-20-14-17(2)12-13-21(20)25(3,4)28-23(24)16-19/h12,15-16,18,20-21,27H,6-11,13-14H2,1-5H3/t20-,21-,26?/m1/s1. The van der Waals surface area contributed by atoms with E-state index >= 15 is 0 Å². The molecule has 1 fully saturated rings. The predicted molar refractivity (Wildman–Crippen MR) is 116 cm³/mol. The molecule has 28 heavy (non-hydrogen) atoms. The van der Waals surface area contributed by atoms with Crippen molar-refractivity contribution >= 4 is 0 Å². The van der Waals surface area contributed by atoms with Crippen LogP contribution in [0.1, 0.15) is 103 Å². The van der Waals surface area contributed by atoms with Gasteiger partial charge in [-0.05, 0) is 81.9 Å². The van der Waals surface area contributed by atoms with Gasteiger partial charge >= 0.3 is 0 Å². The predicted octanol–water partition coefficient (Wildman–Crippen LogP) is 7.25. The minimum atomic E-state index is -0.201. The second-order valence-electron chi connectivity index (χ2n) is 10.4. The lowest BCUT2D eigenvalue weighted by atomic mass is 9.63. The number of allylic oxidation sites excluding steroid dienone is 2. The summed E-state index contributed by atoms with van der Waals surface area (Å²) in [7, 11) is 0. The van der Waals surface area contributed by atoms with Crippen LogP contribution in [-0.2, 0) is 5.41 Å². The lowest BCUT2D eigenvalue weighted by molar-refractivity contribution is 0.00730.